The van der Waals surface area contributed by atoms with Gasteiger partial charge in [0, 0.05) is 12.6 Å². The summed E-state index contributed by atoms with van der Waals surface area (Å²) in [5, 5.41) is 9.76. The van der Waals surface area contributed by atoms with Gasteiger partial charge in [-0.15, -0.1) is 0 Å². The molecule has 1 aromatic rings. The molecule has 0 saturated heterocycles. The van der Waals surface area contributed by atoms with Gasteiger partial charge >= 0.3 is 0 Å². The molecule has 1 N–H and O–H groups in total. The van der Waals surface area contributed by atoms with E-state index in [1.807, 2.05) is 12.1 Å². The van der Waals surface area contributed by atoms with E-state index in [2.05, 4.69) is 32.7 Å². The molecule has 0 saturated carbocycles. The molecule has 0 bridgehead atoms. The van der Waals surface area contributed by atoms with Gasteiger partial charge in [-0.3, -0.25) is 4.90 Å². The van der Waals surface area contributed by atoms with Crippen molar-refractivity contribution in [3.63, 3.8) is 0 Å². The Morgan fingerprint density at radius 2 is 2.06 bits per heavy atom. The molecule has 0 fully saturated rings. The summed E-state index contributed by atoms with van der Waals surface area (Å²) in [6.45, 7) is 7.71. The summed E-state index contributed by atoms with van der Waals surface area (Å²) < 4.78 is 0. The van der Waals surface area contributed by atoms with Crippen molar-refractivity contribution in [2.45, 2.75) is 39.2 Å². The highest BCUT2D eigenvalue weighted by molar-refractivity contribution is 5.46. The maximum atomic E-state index is 9.76. The minimum Gasteiger partial charge on any atom is -0.508 e. The van der Waals surface area contributed by atoms with Crippen molar-refractivity contribution >= 4 is 0 Å². The third kappa shape index (κ3) is 1.82. The number of phenolic OH excluding ortho intramolecular Hbond substituents is 1. The molecule has 1 unspecified atom stereocenters. The van der Waals surface area contributed by atoms with Crippen molar-refractivity contribution < 1.29 is 5.11 Å². The van der Waals surface area contributed by atoms with E-state index < -0.39 is 0 Å². The fourth-order valence-electron chi connectivity index (χ4n) is 2.63. The van der Waals surface area contributed by atoms with Gasteiger partial charge in [0.2, 0.25) is 0 Å². The minimum absolute atomic E-state index is 0.416. The monoisotopic (exact) mass is 219 g/mol. The van der Waals surface area contributed by atoms with Crippen LogP contribution in [-0.2, 0) is 6.42 Å². The smallest absolute Gasteiger partial charge is 0.116 e. The lowest BCUT2D eigenvalue weighted by Gasteiger charge is -2.34. The Morgan fingerprint density at radius 3 is 2.69 bits per heavy atom. The van der Waals surface area contributed by atoms with Gasteiger partial charge in [0.05, 0.1) is 0 Å². The van der Waals surface area contributed by atoms with Crippen LogP contribution in [0.4, 0.5) is 0 Å². The van der Waals surface area contributed by atoms with E-state index in [1.54, 1.807) is 0 Å². The molecular formula is C14H21NO. The predicted molar refractivity (Wildman–Crippen MR) is 66.9 cm³/mol. The zero-order valence-corrected chi connectivity index (χ0v) is 10.6. The predicted octanol–water partition coefficient (Wildman–Crippen LogP) is 3.06. The molecule has 1 aliphatic heterocycles. The van der Waals surface area contributed by atoms with Crippen LogP contribution in [-0.4, -0.2) is 23.6 Å². The molecule has 0 amide bonds. The maximum absolute atomic E-state index is 9.76. The Hall–Kier alpha value is -1.02. The molecule has 1 aliphatic rings. The van der Waals surface area contributed by atoms with Gasteiger partial charge in [0.25, 0.3) is 0 Å². The Labute approximate surface area is 97.9 Å². The number of phenols is 1. The summed E-state index contributed by atoms with van der Waals surface area (Å²) in [5.74, 6) is 0.883. The van der Waals surface area contributed by atoms with Gasteiger partial charge in [-0.05, 0) is 55.1 Å². The first kappa shape index (κ1) is 11.5. The highest BCUT2D eigenvalue weighted by Crippen LogP contribution is 2.36. The van der Waals surface area contributed by atoms with Crippen molar-refractivity contribution in [1.82, 2.24) is 4.90 Å². The maximum Gasteiger partial charge on any atom is 0.116 e. The van der Waals surface area contributed by atoms with Crippen molar-refractivity contribution in [3.8, 4) is 5.75 Å². The molecule has 2 rings (SSSR count). The summed E-state index contributed by atoms with van der Waals surface area (Å²) in [4.78, 5) is 2.38. The minimum atomic E-state index is 0.416. The number of benzene rings is 1. The number of aromatic hydroxyl groups is 1. The first-order valence-corrected chi connectivity index (χ1v) is 6.06. The van der Waals surface area contributed by atoms with Crippen LogP contribution in [0.15, 0.2) is 12.1 Å². The Balaban J connectivity index is 2.58. The normalized spacial score (nSPS) is 21.2. The lowest BCUT2D eigenvalue weighted by atomic mass is 9.85. The molecule has 88 valence electrons. The third-order valence-corrected chi connectivity index (χ3v) is 3.72. The average Bonchev–Trinajstić information content (AvgIpc) is 2.22. The second-order valence-corrected chi connectivity index (χ2v) is 5.17. The van der Waals surface area contributed by atoms with E-state index in [0.29, 0.717) is 17.7 Å². The summed E-state index contributed by atoms with van der Waals surface area (Å²) in [6.07, 6.45) is 1.05. The molecular weight excluding hydrogens is 198 g/mol. The van der Waals surface area contributed by atoms with Crippen molar-refractivity contribution in [2.24, 2.45) is 0 Å². The van der Waals surface area contributed by atoms with Gasteiger partial charge in [-0.25, -0.2) is 0 Å². The number of likely N-dealkylation sites (N-methyl/N-ethyl adjacent to an activating group) is 1. The SMILES string of the molecule is CC(C)c1cc(O)cc2c1C(C)N(C)CC2. The Kier molecular flexibility index (Phi) is 2.94. The molecule has 1 atom stereocenters. The molecule has 1 aromatic carbocycles. The van der Waals surface area contributed by atoms with Crippen LogP contribution in [0.25, 0.3) is 0 Å². The second-order valence-electron chi connectivity index (χ2n) is 5.17. The largest absolute Gasteiger partial charge is 0.508 e. The van der Waals surface area contributed by atoms with Crippen molar-refractivity contribution in [3.05, 3.63) is 28.8 Å². The second kappa shape index (κ2) is 4.10. The van der Waals surface area contributed by atoms with Crippen LogP contribution in [0.5, 0.6) is 5.75 Å². The number of rotatable bonds is 1. The number of fused-ring (bicyclic) bond motifs is 1. The lowest BCUT2D eigenvalue weighted by molar-refractivity contribution is 0.245. The summed E-state index contributed by atoms with van der Waals surface area (Å²) >= 11 is 0. The highest BCUT2D eigenvalue weighted by atomic mass is 16.3. The molecule has 16 heavy (non-hydrogen) atoms. The van der Waals surface area contributed by atoms with Crippen molar-refractivity contribution in [1.29, 1.82) is 0 Å². The van der Waals surface area contributed by atoms with Crippen LogP contribution in [0.3, 0.4) is 0 Å². The van der Waals surface area contributed by atoms with Crippen molar-refractivity contribution in [2.75, 3.05) is 13.6 Å². The lowest BCUT2D eigenvalue weighted by Crippen LogP contribution is -2.31. The molecule has 2 nitrogen and oxygen atoms in total. The van der Waals surface area contributed by atoms with Gasteiger partial charge in [-0.1, -0.05) is 13.8 Å². The van der Waals surface area contributed by atoms with E-state index >= 15 is 0 Å². The van der Waals surface area contributed by atoms with Gasteiger partial charge in [0.15, 0.2) is 0 Å². The number of hydrogen-bond acceptors (Lipinski definition) is 2. The average molecular weight is 219 g/mol. The number of hydrogen-bond donors (Lipinski definition) is 1. The van der Waals surface area contributed by atoms with Crippen LogP contribution in [0.2, 0.25) is 0 Å². The molecule has 0 aromatic heterocycles. The van der Waals surface area contributed by atoms with E-state index in [1.165, 1.54) is 16.7 Å². The van der Waals surface area contributed by atoms with Gasteiger partial charge in [0.1, 0.15) is 5.75 Å². The first-order valence-electron chi connectivity index (χ1n) is 6.06. The van der Waals surface area contributed by atoms with Crippen LogP contribution >= 0.6 is 0 Å². The quantitative estimate of drug-likeness (QED) is 0.784. The molecule has 0 aliphatic carbocycles. The Morgan fingerprint density at radius 1 is 1.38 bits per heavy atom. The van der Waals surface area contributed by atoms with E-state index in [0.717, 1.165) is 13.0 Å². The van der Waals surface area contributed by atoms with E-state index in [4.69, 9.17) is 0 Å². The summed E-state index contributed by atoms with van der Waals surface area (Å²) in [5.41, 5.74) is 4.06. The highest BCUT2D eigenvalue weighted by Gasteiger charge is 2.25. The topological polar surface area (TPSA) is 23.5 Å². The molecule has 0 spiro atoms. The number of nitrogens with zero attached hydrogens (tertiary/aromatic N) is 1. The zero-order chi connectivity index (χ0) is 11.9. The molecule has 0 radical (unpaired) electrons. The zero-order valence-electron chi connectivity index (χ0n) is 10.6. The summed E-state index contributed by atoms with van der Waals surface area (Å²) in [6, 6.07) is 4.32. The van der Waals surface area contributed by atoms with Crippen LogP contribution in [0.1, 0.15) is 49.4 Å². The molecule has 2 heteroatoms. The van der Waals surface area contributed by atoms with E-state index in [-0.39, 0.29) is 0 Å². The Bertz CT molecular complexity index is 398. The van der Waals surface area contributed by atoms with Crippen LogP contribution < -0.4 is 0 Å². The van der Waals surface area contributed by atoms with E-state index in [9.17, 15) is 5.11 Å². The third-order valence-electron chi connectivity index (χ3n) is 3.72. The van der Waals surface area contributed by atoms with Gasteiger partial charge in [-0.2, -0.15) is 0 Å². The summed E-state index contributed by atoms with van der Waals surface area (Å²) in [7, 11) is 2.17. The van der Waals surface area contributed by atoms with Gasteiger partial charge < -0.3 is 5.11 Å². The first-order chi connectivity index (χ1) is 7.50. The molecule has 1 heterocycles. The standard InChI is InChI=1S/C14H21NO/c1-9(2)13-8-12(16)7-11-5-6-15(4)10(3)14(11)13/h7-10,16H,5-6H2,1-4H3. The van der Waals surface area contributed by atoms with Crippen LogP contribution in [0, 0.1) is 0 Å². The fraction of sp³-hybridized carbons (Fsp3) is 0.571. The fourth-order valence-corrected chi connectivity index (χ4v) is 2.63.